The first-order valence-corrected chi connectivity index (χ1v) is 3.85. The summed E-state index contributed by atoms with van der Waals surface area (Å²) in [6.07, 6.45) is -3.18. The quantitative estimate of drug-likeness (QED) is 0.568. The van der Waals surface area contributed by atoms with Crippen LogP contribution in [0.2, 0.25) is 0 Å². The maximum atomic E-state index is 12.4. The van der Waals surface area contributed by atoms with E-state index in [1.54, 1.807) is 6.07 Å². The van der Waals surface area contributed by atoms with Gasteiger partial charge in [0.25, 0.3) is 12.1 Å². The van der Waals surface area contributed by atoms with Gasteiger partial charge in [-0.05, 0) is 6.07 Å². The monoisotopic (exact) mass is 213 g/mol. The van der Waals surface area contributed by atoms with E-state index in [1.165, 1.54) is 6.07 Å². The summed E-state index contributed by atoms with van der Waals surface area (Å²) in [5, 5.41) is 18.7. The largest absolute Gasteiger partial charge is 0.296 e. The van der Waals surface area contributed by atoms with Crippen LogP contribution in [0.4, 0.5) is 14.5 Å². The maximum Gasteiger partial charge on any atom is 0.296 e. The van der Waals surface area contributed by atoms with Gasteiger partial charge in [0.05, 0.1) is 23.1 Å². The van der Waals surface area contributed by atoms with E-state index in [2.05, 4.69) is 4.98 Å². The fourth-order valence-corrected chi connectivity index (χ4v) is 1.00. The van der Waals surface area contributed by atoms with Crippen LogP contribution in [0, 0.1) is 21.4 Å². The molecular formula is C8H5F2N3O2. The third-order valence-corrected chi connectivity index (χ3v) is 1.62. The second kappa shape index (κ2) is 4.41. The first-order valence-electron chi connectivity index (χ1n) is 3.85. The van der Waals surface area contributed by atoms with Crippen LogP contribution in [0.15, 0.2) is 12.1 Å². The molecule has 0 amide bonds. The third kappa shape index (κ3) is 2.43. The van der Waals surface area contributed by atoms with Gasteiger partial charge in [0.15, 0.2) is 5.69 Å². The molecule has 78 valence electrons. The average Bonchev–Trinajstić information content (AvgIpc) is 2.17. The molecule has 0 radical (unpaired) electrons. The summed E-state index contributed by atoms with van der Waals surface area (Å²) in [4.78, 5) is 12.8. The van der Waals surface area contributed by atoms with Crippen molar-refractivity contribution in [3.8, 4) is 6.07 Å². The van der Waals surface area contributed by atoms with Crippen LogP contribution >= 0.6 is 0 Å². The van der Waals surface area contributed by atoms with Crippen molar-refractivity contribution in [2.75, 3.05) is 0 Å². The van der Waals surface area contributed by atoms with Gasteiger partial charge >= 0.3 is 0 Å². The van der Waals surface area contributed by atoms with E-state index < -0.39 is 22.7 Å². The van der Waals surface area contributed by atoms with Gasteiger partial charge in [-0.1, -0.05) is 0 Å². The Bertz CT molecular complexity index is 428. The summed E-state index contributed by atoms with van der Waals surface area (Å²) in [7, 11) is 0. The van der Waals surface area contributed by atoms with Crippen LogP contribution in [-0.4, -0.2) is 9.91 Å². The standard InChI is InChI=1S/C8H5F2N3O2/c9-8(10)7-6(13(14)15)2-1-5(12-7)3-4-11/h1-2,8H,3H2. The van der Waals surface area contributed by atoms with E-state index >= 15 is 0 Å². The second-order valence-corrected chi connectivity index (χ2v) is 2.60. The molecule has 0 fully saturated rings. The Balaban J connectivity index is 3.22. The summed E-state index contributed by atoms with van der Waals surface area (Å²) in [6, 6.07) is 3.84. The molecule has 5 nitrogen and oxygen atoms in total. The van der Waals surface area contributed by atoms with Gasteiger partial charge < -0.3 is 0 Å². The van der Waals surface area contributed by atoms with Crippen molar-refractivity contribution in [3.63, 3.8) is 0 Å². The van der Waals surface area contributed by atoms with Gasteiger partial charge in [-0.3, -0.25) is 10.1 Å². The van der Waals surface area contributed by atoms with E-state index in [1.807, 2.05) is 0 Å². The Hall–Kier alpha value is -2.10. The minimum absolute atomic E-state index is 0.0957. The minimum atomic E-state index is -3.02. The SMILES string of the molecule is N#CCc1ccc([N+](=O)[O-])c(C(F)F)n1. The number of alkyl halides is 2. The molecule has 0 aliphatic carbocycles. The number of hydrogen-bond acceptors (Lipinski definition) is 4. The van der Waals surface area contributed by atoms with E-state index in [9.17, 15) is 18.9 Å². The van der Waals surface area contributed by atoms with Gasteiger partial charge in [0.1, 0.15) is 0 Å². The smallest absolute Gasteiger partial charge is 0.258 e. The first-order chi connectivity index (χ1) is 7.06. The molecule has 1 heterocycles. The molecule has 1 rings (SSSR count). The van der Waals surface area contributed by atoms with Gasteiger partial charge in [0, 0.05) is 6.07 Å². The molecule has 0 aromatic carbocycles. The van der Waals surface area contributed by atoms with E-state index in [0.717, 1.165) is 6.07 Å². The Labute approximate surface area is 83.1 Å². The number of nitrogens with zero attached hydrogens (tertiary/aromatic N) is 3. The zero-order valence-electron chi connectivity index (χ0n) is 7.35. The first kappa shape index (κ1) is 11.0. The number of hydrogen-bond donors (Lipinski definition) is 0. The van der Waals surface area contributed by atoms with Crippen molar-refractivity contribution < 1.29 is 13.7 Å². The molecular weight excluding hydrogens is 208 g/mol. The van der Waals surface area contributed by atoms with Crippen LogP contribution in [0.25, 0.3) is 0 Å². The van der Waals surface area contributed by atoms with Gasteiger partial charge in [0.2, 0.25) is 0 Å². The normalized spacial score (nSPS) is 10.0. The molecule has 0 unspecified atom stereocenters. The highest BCUT2D eigenvalue weighted by Gasteiger charge is 2.23. The predicted octanol–water partition coefficient (Wildman–Crippen LogP) is 1.99. The third-order valence-electron chi connectivity index (χ3n) is 1.62. The van der Waals surface area contributed by atoms with Crippen molar-refractivity contribution in [1.82, 2.24) is 4.98 Å². The van der Waals surface area contributed by atoms with Crippen LogP contribution in [0.1, 0.15) is 17.8 Å². The highest BCUT2D eigenvalue weighted by Crippen LogP contribution is 2.26. The van der Waals surface area contributed by atoms with E-state index in [-0.39, 0.29) is 12.1 Å². The molecule has 0 aliphatic rings. The minimum Gasteiger partial charge on any atom is -0.258 e. The lowest BCUT2D eigenvalue weighted by molar-refractivity contribution is -0.386. The molecule has 1 aromatic heterocycles. The molecule has 0 bridgehead atoms. The molecule has 0 aliphatic heterocycles. The number of aromatic nitrogens is 1. The summed E-state index contributed by atoms with van der Waals surface area (Å²) < 4.78 is 24.7. The fraction of sp³-hybridized carbons (Fsp3) is 0.250. The highest BCUT2D eigenvalue weighted by molar-refractivity contribution is 5.37. The zero-order chi connectivity index (χ0) is 11.4. The highest BCUT2D eigenvalue weighted by atomic mass is 19.3. The van der Waals surface area contributed by atoms with Crippen molar-refractivity contribution in [2.45, 2.75) is 12.8 Å². The zero-order valence-corrected chi connectivity index (χ0v) is 7.35. The van der Waals surface area contributed by atoms with Crippen LogP contribution in [0.5, 0.6) is 0 Å². The molecule has 15 heavy (non-hydrogen) atoms. The van der Waals surface area contributed by atoms with Crippen LogP contribution < -0.4 is 0 Å². The molecule has 0 spiro atoms. The van der Waals surface area contributed by atoms with Crippen molar-refractivity contribution in [1.29, 1.82) is 5.26 Å². The molecule has 0 N–H and O–H groups in total. The molecule has 0 saturated heterocycles. The summed E-state index contributed by atoms with van der Waals surface area (Å²) in [5.74, 6) is 0. The molecule has 0 saturated carbocycles. The number of nitriles is 1. The Morgan fingerprint density at radius 1 is 1.60 bits per heavy atom. The number of pyridine rings is 1. The number of rotatable bonds is 3. The van der Waals surface area contributed by atoms with Gasteiger partial charge in [-0.15, -0.1) is 0 Å². The summed E-state index contributed by atoms with van der Waals surface area (Å²) >= 11 is 0. The summed E-state index contributed by atoms with van der Waals surface area (Å²) in [6.45, 7) is 0. The summed E-state index contributed by atoms with van der Waals surface area (Å²) in [5.41, 5.74) is -1.53. The Morgan fingerprint density at radius 2 is 2.27 bits per heavy atom. The second-order valence-electron chi connectivity index (χ2n) is 2.60. The molecule has 0 atom stereocenters. The van der Waals surface area contributed by atoms with E-state index in [0.29, 0.717) is 0 Å². The fourth-order valence-electron chi connectivity index (χ4n) is 1.00. The van der Waals surface area contributed by atoms with Gasteiger partial charge in [-0.2, -0.15) is 5.26 Å². The van der Waals surface area contributed by atoms with Crippen molar-refractivity contribution in [2.24, 2.45) is 0 Å². The molecule has 1 aromatic rings. The average molecular weight is 213 g/mol. The van der Waals surface area contributed by atoms with Crippen LogP contribution in [0.3, 0.4) is 0 Å². The van der Waals surface area contributed by atoms with Crippen molar-refractivity contribution >= 4 is 5.69 Å². The topological polar surface area (TPSA) is 79.8 Å². The lowest BCUT2D eigenvalue weighted by Gasteiger charge is -2.01. The van der Waals surface area contributed by atoms with Crippen LogP contribution in [-0.2, 0) is 6.42 Å². The predicted molar refractivity (Wildman–Crippen MR) is 45.2 cm³/mol. The lowest BCUT2D eigenvalue weighted by atomic mass is 10.2. The molecule has 7 heteroatoms. The Kier molecular flexibility index (Phi) is 3.23. The van der Waals surface area contributed by atoms with Gasteiger partial charge in [-0.25, -0.2) is 13.8 Å². The number of halogens is 2. The van der Waals surface area contributed by atoms with Crippen molar-refractivity contribution in [3.05, 3.63) is 33.6 Å². The lowest BCUT2D eigenvalue weighted by Crippen LogP contribution is -2.01. The number of nitro groups is 1. The maximum absolute atomic E-state index is 12.4. The van der Waals surface area contributed by atoms with E-state index in [4.69, 9.17) is 5.26 Å². The Morgan fingerprint density at radius 3 is 2.73 bits per heavy atom.